The van der Waals surface area contributed by atoms with Gasteiger partial charge in [-0.3, -0.25) is 0 Å². The van der Waals surface area contributed by atoms with Gasteiger partial charge in [0.2, 0.25) is 0 Å². The first-order valence-electron chi connectivity index (χ1n) is 5.96. The van der Waals surface area contributed by atoms with E-state index in [1.807, 2.05) is 19.9 Å². The second-order valence-electron chi connectivity index (χ2n) is 4.23. The van der Waals surface area contributed by atoms with E-state index in [9.17, 15) is 0 Å². The molecule has 2 unspecified atom stereocenters. The zero-order chi connectivity index (χ0) is 13.7. The molecule has 0 radical (unpaired) electrons. The summed E-state index contributed by atoms with van der Waals surface area (Å²) in [5, 5.41) is 9.12. The lowest BCUT2D eigenvalue weighted by Crippen LogP contribution is -2.21. The molecule has 4 heteroatoms. The summed E-state index contributed by atoms with van der Waals surface area (Å²) >= 11 is 0. The maximum Gasteiger partial charge on any atom is 0.127 e. The van der Waals surface area contributed by atoms with Crippen molar-refractivity contribution in [3.8, 4) is 17.6 Å². The fraction of sp³-hybridized carbons (Fsp3) is 0.500. The van der Waals surface area contributed by atoms with Gasteiger partial charge in [0.05, 0.1) is 26.2 Å². The minimum absolute atomic E-state index is 0.217. The number of hydrogen-bond donors (Lipinski definition) is 1. The number of ether oxygens (including phenoxy) is 2. The second-order valence-corrected chi connectivity index (χ2v) is 4.23. The van der Waals surface area contributed by atoms with Crippen molar-refractivity contribution in [3.63, 3.8) is 0 Å². The molecule has 2 N–H and O–H groups in total. The summed E-state index contributed by atoms with van der Waals surface area (Å²) in [6.07, 6.45) is 0.715. The Labute approximate surface area is 108 Å². The molecule has 0 heterocycles. The van der Waals surface area contributed by atoms with E-state index in [-0.39, 0.29) is 12.0 Å². The summed E-state index contributed by atoms with van der Waals surface area (Å²) in [6, 6.07) is 5.60. The number of nitriles is 1. The molecule has 98 valence electrons. The number of rotatable bonds is 5. The fourth-order valence-corrected chi connectivity index (χ4v) is 2.07. The van der Waals surface area contributed by atoms with Crippen LogP contribution in [-0.4, -0.2) is 14.2 Å². The SMILES string of the molecule is CCC(C#N)C(N)c1c(C)cc(OC)cc1OC. The van der Waals surface area contributed by atoms with Crippen LogP contribution >= 0.6 is 0 Å². The van der Waals surface area contributed by atoms with Crippen molar-refractivity contribution in [1.82, 2.24) is 0 Å². The highest BCUT2D eigenvalue weighted by Crippen LogP contribution is 2.35. The number of methoxy groups -OCH3 is 2. The topological polar surface area (TPSA) is 68.3 Å². The van der Waals surface area contributed by atoms with Gasteiger partial charge in [-0.05, 0) is 25.0 Å². The zero-order valence-corrected chi connectivity index (χ0v) is 11.4. The van der Waals surface area contributed by atoms with Crippen molar-refractivity contribution < 1.29 is 9.47 Å². The van der Waals surface area contributed by atoms with Gasteiger partial charge in [-0.25, -0.2) is 0 Å². The lowest BCUT2D eigenvalue weighted by atomic mass is 9.89. The third kappa shape index (κ3) is 2.74. The van der Waals surface area contributed by atoms with Crippen LogP contribution in [0.2, 0.25) is 0 Å². The second kappa shape index (κ2) is 6.27. The zero-order valence-electron chi connectivity index (χ0n) is 11.4. The monoisotopic (exact) mass is 248 g/mol. The molecule has 0 bridgehead atoms. The van der Waals surface area contributed by atoms with Gasteiger partial charge in [0.1, 0.15) is 11.5 Å². The molecular weight excluding hydrogens is 228 g/mol. The van der Waals surface area contributed by atoms with E-state index in [1.54, 1.807) is 20.3 Å². The van der Waals surface area contributed by atoms with Crippen LogP contribution in [0.5, 0.6) is 11.5 Å². The Kier molecular flexibility index (Phi) is 4.99. The standard InChI is InChI=1S/C14H20N2O2/c1-5-10(8-15)14(16)13-9(2)6-11(17-3)7-12(13)18-4/h6-7,10,14H,5,16H2,1-4H3. The summed E-state index contributed by atoms with van der Waals surface area (Å²) in [7, 11) is 3.20. The Morgan fingerprint density at radius 2 is 2.00 bits per heavy atom. The van der Waals surface area contributed by atoms with Gasteiger partial charge in [0.15, 0.2) is 0 Å². The molecule has 0 fully saturated rings. The van der Waals surface area contributed by atoms with Gasteiger partial charge in [0.25, 0.3) is 0 Å². The van der Waals surface area contributed by atoms with Gasteiger partial charge in [-0.1, -0.05) is 6.92 Å². The summed E-state index contributed by atoms with van der Waals surface area (Å²) in [5.41, 5.74) is 8.05. The minimum Gasteiger partial charge on any atom is -0.497 e. The summed E-state index contributed by atoms with van der Waals surface area (Å²) in [4.78, 5) is 0. The Balaban J connectivity index is 3.27. The van der Waals surface area contributed by atoms with Crippen molar-refractivity contribution >= 4 is 0 Å². The normalized spacial score (nSPS) is 13.6. The molecule has 18 heavy (non-hydrogen) atoms. The van der Waals surface area contributed by atoms with Gasteiger partial charge in [-0.2, -0.15) is 5.26 Å². The third-order valence-corrected chi connectivity index (χ3v) is 3.15. The average molecular weight is 248 g/mol. The molecule has 0 aliphatic rings. The van der Waals surface area contributed by atoms with Gasteiger partial charge < -0.3 is 15.2 Å². The average Bonchev–Trinajstić information content (AvgIpc) is 2.38. The van der Waals surface area contributed by atoms with E-state index in [2.05, 4.69) is 6.07 Å². The van der Waals surface area contributed by atoms with Crippen LogP contribution in [0.4, 0.5) is 0 Å². The molecule has 0 aliphatic carbocycles. The summed E-state index contributed by atoms with van der Waals surface area (Å²) in [6.45, 7) is 3.91. The molecule has 2 atom stereocenters. The quantitative estimate of drug-likeness (QED) is 0.869. The van der Waals surface area contributed by atoms with E-state index in [1.165, 1.54) is 0 Å². The summed E-state index contributed by atoms with van der Waals surface area (Å²) in [5.74, 6) is 1.18. The van der Waals surface area contributed by atoms with Crippen LogP contribution in [0.15, 0.2) is 12.1 Å². The van der Waals surface area contributed by atoms with Crippen LogP contribution in [-0.2, 0) is 0 Å². The molecule has 4 nitrogen and oxygen atoms in total. The first-order chi connectivity index (χ1) is 8.58. The molecule has 0 saturated carbocycles. The number of benzene rings is 1. The van der Waals surface area contributed by atoms with Crippen molar-refractivity contribution in [2.24, 2.45) is 11.7 Å². The van der Waals surface area contributed by atoms with Crippen molar-refractivity contribution in [2.45, 2.75) is 26.3 Å². The van der Waals surface area contributed by atoms with Crippen LogP contribution in [0.1, 0.15) is 30.5 Å². The molecule has 1 rings (SSSR count). The number of aryl methyl sites for hydroxylation is 1. The van der Waals surface area contributed by atoms with E-state index in [0.717, 1.165) is 16.9 Å². The van der Waals surface area contributed by atoms with Crippen LogP contribution < -0.4 is 15.2 Å². The fourth-order valence-electron chi connectivity index (χ4n) is 2.07. The highest BCUT2D eigenvalue weighted by molar-refractivity contribution is 5.48. The van der Waals surface area contributed by atoms with Gasteiger partial charge in [0, 0.05) is 17.7 Å². The van der Waals surface area contributed by atoms with Gasteiger partial charge >= 0.3 is 0 Å². The van der Waals surface area contributed by atoms with E-state index < -0.39 is 0 Å². The molecule has 1 aromatic rings. The van der Waals surface area contributed by atoms with Crippen LogP contribution in [0.25, 0.3) is 0 Å². The maximum atomic E-state index is 9.12. The Hall–Kier alpha value is -1.73. The molecule has 1 aromatic carbocycles. The van der Waals surface area contributed by atoms with Gasteiger partial charge in [-0.15, -0.1) is 0 Å². The summed E-state index contributed by atoms with van der Waals surface area (Å²) < 4.78 is 10.6. The molecule has 0 aromatic heterocycles. The Morgan fingerprint density at radius 3 is 2.44 bits per heavy atom. The van der Waals surface area contributed by atoms with E-state index in [4.69, 9.17) is 20.5 Å². The number of nitrogens with two attached hydrogens (primary N) is 1. The maximum absolute atomic E-state index is 9.12. The lowest BCUT2D eigenvalue weighted by Gasteiger charge is -2.22. The molecule has 0 spiro atoms. The molecule has 0 saturated heterocycles. The van der Waals surface area contributed by atoms with Crippen LogP contribution in [0.3, 0.4) is 0 Å². The predicted molar refractivity (Wildman–Crippen MR) is 70.6 cm³/mol. The number of nitrogens with zero attached hydrogens (tertiary/aromatic N) is 1. The van der Waals surface area contributed by atoms with Crippen molar-refractivity contribution in [1.29, 1.82) is 5.26 Å². The third-order valence-electron chi connectivity index (χ3n) is 3.15. The highest BCUT2D eigenvalue weighted by atomic mass is 16.5. The Morgan fingerprint density at radius 1 is 1.33 bits per heavy atom. The van der Waals surface area contributed by atoms with E-state index in [0.29, 0.717) is 12.2 Å². The van der Waals surface area contributed by atoms with Crippen LogP contribution in [0, 0.1) is 24.2 Å². The predicted octanol–water partition coefficient (Wildman–Crippen LogP) is 2.56. The van der Waals surface area contributed by atoms with E-state index >= 15 is 0 Å². The molecule has 0 aliphatic heterocycles. The van der Waals surface area contributed by atoms with Crippen molar-refractivity contribution in [3.05, 3.63) is 23.3 Å². The first-order valence-corrected chi connectivity index (χ1v) is 5.96. The minimum atomic E-state index is -0.346. The lowest BCUT2D eigenvalue weighted by molar-refractivity contribution is 0.382. The number of hydrogen-bond acceptors (Lipinski definition) is 4. The first kappa shape index (κ1) is 14.3. The largest absolute Gasteiger partial charge is 0.497 e. The highest BCUT2D eigenvalue weighted by Gasteiger charge is 2.23. The smallest absolute Gasteiger partial charge is 0.127 e. The van der Waals surface area contributed by atoms with Crippen molar-refractivity contribution in [2.75, 3.05) is 14.2 Å². The molecular formula is C14H20N2O2. The molecule has 0 amide bonds. The Bertz CT molecular complexity index is 452.